The summed E-state index contributed by atoms with van der Waals surface area (Å²) in [5, 5.41) is 0. The van der Waals surface area contributed by atoms with Gasteiger partial charge in [-0.3, -0.25) is 0 Å². The van der Waals surface area contributed by atoms with E-state index in [-0.39, 0.29) is 0 Å². The van der Waals surface area contributed by atoms with E-state index in [1.54, 1.807) is 5.57 Å². The molecule has 4 aliphatic carbocycles. The van der Waals surface area contributed by atoms with Gasteiger partial charge in [-0.25, -0.2) is 0 Å². The third kappa shape index (κ3) is 1.65. The van der Waals surface area contributed by atoms with Crippen LogP contribution in [-0.2, 0) is 0 Å². The number of hydrogen-bond acceptors (Lipinski definition) is 1. The second-order valence-corrected chi connectivity index (χ2v) is 8.48. The molecule has 0 spiro atoms. The molecule has 0 heterocycles. The van der Waals surface area contributed by atoms with Gasteiger partial charge in [0.2, 0.25) is 0 Å². The zero-order valence-electron chi connectivity index (χ0n) is 13.2. The van der Waals surface area contributed by atoms with Crippen molar-refractivity contribution < 1.29 is 0 Å². The molecule has 4 aliphatic rings. The molecule has 0 bridgehead atoms. The van der Waals surface area contributed by atoms with Gasteiger partial charge < -0.3 is 5.73 Å². The zero-order valence-corrected chi connectivity index (χ0v) is 13.2. The summed E-state index contributed by atoms with van der Waals surface area (Å²) in [6.45, 7) is 3.52. The lowest BCUT2D eigenvalue weighted by atomic mass is 9.47. The first-order chi connectivity index (χ1) is 9.70. The Hall–Kier alpha value is -0.300. The van der Waals surface area contributed by atoms with E-state index in [0.717, 1.165) is 24.3 Å². The quantitative estimate of drug-likeness (QED) is 0.690. The van der Waals surface area contributed by atoms with Crippen molar-refractivity contribution in [1.29, 1.82) is 0 Å². The van der Waals surface area contributed by atoms with Crippen LogP contribution in [0.2, 0.25) is 0 Å². The van der Waals surface area contributed by atoms with Gasteiger partial charge in [-0.1, -0.05) is 25.0 Å². The van der Waals surface area contributed by atoms with E-state index in [1.165, 1.54) is 64.2 Å². The van der Waals surface area contributed by atoms with Crippen LogP contribution < -0.4 is 5.73 Å². The molecule has 0 radical (unpaired) electrons. The molecule has 3 saturated carbocycles. The van der Waals surface area contributed by atoms with Crippen LogP contribution in [0.25, 0.3) is 0 Å². The Labute approximate surface area is 124 Å². The van der Waals surface area contributed by atoms with Gasteiger partial charge in [0.1, 0.15) is 0 Å². The van der Waals surface area contributed by atoms with Crippen molar-refractivity contribution in [2.75, 3.05) is 6.54 Å². The maximum atomic E-state index is 6.38. The minimum atomic E-state index is 0.422. The van der Waals surface area contributed by atoms with Crippen molar-refractivity contribution in [2.24, 2.45) is 34.3 Å². The van der Waals surface area contributed by atoms with Gasteiger partial charge in [-0.15, -0.1) is 0 Å². The molecule has 0 aromatic carbocycles. The highest BCUT2D eigenvalue weighted by Crippen LogP contribution is 2.65. The van der Waals surface area contributed by atoms with Crippen LogP contribution in [0.5, 0.6) is 0 Å². The molecule has 0 aromatic rings. The highest BCUT2D eigenvalue weighted by atomic mass is 14.7. The lowest BCUT2D eigenvalue weighted by molar-refractivity contribution is -0.0397. The van der Waals surface area contributed by atoms with E-state index in [9.17, 15) is 0 Å². The van der Waals surface area contributed by atoms with Crippen molar-refractivity contribution >= 4 is 0 Å². The molecule has 1 nitrogen and oxygen atoms in total. The van der Waals surface area contributed by atoms with E-state index < -0.39 is 0 Å². The molecule has 20 heavy (non-hydrogen) atoms. The molecule has 5 atom stereocenters. The van der Waals surface area contributed by atoms with Gasteiger partial charge >= 0.3 is 0 Å². The SMILES string of the molecule is C[C@@]12CCC[C@H]1[C@@H]1CCC3=CCCC[C@]3(CN)[C@H]1CC2. The van der Waals surface area contributed by atoms with Crippen LogP contribution >= 0.6 is 0 Å². The summed E-state index contributed by atoms with van der Waals surface area (Å²) in [4.78, 5) is 0. The Balaban J connectivity index is 1.71. The van der Waals surface area contributed by atoms with Gasteiger partial charge in [0, 0.05) is 12.0 Å². The maximum Gasteiger partial charge on any atom is 0.00655 e. The smallest absolute Gasteiger partial charge is 0.00655 e. The third-order valence-corrected chi connectivity index (χ3v) is 7.90. The van der Waals surface area contributed by atoms with Gasteiger partial charge in [-0.05, 0) is 81.0 Å². The van der Waals surface area contributed by atoms with Crippen LogP contribution in [0.3, 0.4) is 0 Å². The topological polar surface area (TPSA) is 26.0 Å². The van der Waals surface area contributed by atoms with Crippen LogP contribution in [0.4, 0.5) is 0 Å². The number of fused-ring (bicyclic) bond motifs is 5. The number of hydrogen-bond donors (Lipinski definition) is 1. The van der Waals surface area contributed by atoms with Gasteiger partial charge in [-0.2, -0.15) is 0 Å². The minimum Gasteiger partial charge on any atom is -0.330 e. The molecule has 4 rings (SSSR count). The van der Waals surface area contributed by atoms with E-state index in [0.29, 0.717) is 10.8 Å². The first kappa shape index (κ1) is 13.4. The molecule has 0 aliphatic heterocycles. The van der Waals surface area contributed by atoms with Crippen LogP contribution in [0.1, 0.15) is 71.1 Å². The molecule has 0 unspecified atom stereocenters. The van der Waals surface area contributed by atoms with Crippen LogP contribution in [0, 0.1) is 28.6 Å². The average Bonchev–Trinajstić information content (AvgIpc) is 2.88. The number of rotatable bonds is 1. The fourth-order valence-corrected chi connectivity index (χ4v) is 6.91. The summed E-state index contributed by atoms with van der Waals surface area (Å²) in [7, 11) is 0. The minimum absolute atomic E-state index is 0.422. The highest BCUT2D eigenvalue weighted by Gasteiger charge is 2.56. The maximum absolute atomic E-state index is 6.38. The van der Waals surface area contributed by atoms with Crippen LogP contribution in [-0.4, -0.2) is 6.54 Å². The van der Waals surface area contributed by atoms with Crippen molar-refractivity contribution in [3.05, 3.63) is 11.6 Å². The molecular formula is C19H31N. The molecule has 0 aromatic heterocycles. The third-order valence-electron chi connectivity index (χ3n) is 7.90. The first-order valence-electron chi connectivity index (χ1n) is 9.09. The van der Waals surface area contributed by atoms with E-state index in [4.69, 9.17) is 5.73 Å². The number of nitrogens with two attached hydrogens (primary N) is 1. The van der Waals surface area contributed by atoms with Crippen molar-refractivity contribution in [3.63, 3.8) is 0 Å². The Morgan fingerprint density at radius 1 is 1.10 bits per heavy atom. The average molecular weight is 273 g/mol. The highest BCUT2D eigenvalue weighted by molar-refractivity contribution is 5.25. The summed E-state index contributed by atoms with van der Waals surface area (Å²) in [6, 6.07) is 0. The summed E-state index contributed by atoms with van der Waals surface area (Å²) in [5.41, 5.74) is 9.27. The standard InChI is InChI=1S/C19H31N/c1-18-10-4-6-16(18)15-8-7-14-5-2-3-11-19(14,13-20)17(15)9-12-18/h5,15-17H,2-4,6-13,20H2,1H3/t15-,16-,17-,18-,19+/m0/s1. The number of allylic oxidation sites excluding steroid dienone is 1. The Kier molecular flexibility index (Phi) is 3.07. The molecule has 0 amide bonds. The second kappa shape index (κ2) is 4.60. The van der Waals surface area contributed by atoms with Gasteiger partial charge in [0.05, 0.1) is 0 Å². The van der Waals surface area contributed by atoms with Crippen molar-refractivity contribution in [2.45, 2.75) is 71.1 Å². The monoisotopic (exact) mass is 273 g/mol. The first-order valence-corrected chi connectivity index (χ1v) is 9.09. The Morgan fingerprint density at radius 3 is 2.85 bits per heavy atom. The summed E-state index contributed by atoms with van der Waals surface area (Å²) in [6.07, 6.45) is 16.9. The normalized spacial score (nSPS) is 50.9. The predicted molar refractivity (Wildman–Crippen MR) is 84.3 cm³/mol. The Morgan fingerprint density at radius 2 is 2.00 bits per heavy atom. The molecular weight excluding hydrogens is 242 g/mol. The zero-order chi connectivity index (χ0) is 13.8. The second-order valence-electron chi connectivity index (χ2n) is 8.48. The molecule has 0 saturated heterocycles. The molecule has 112 valence electrons. The predicted octanol–water partition coefficient (Wildman–Crippen LogP) is 4.67. The van der Waals surface area contributed by atoms with Gasteiger partial charge in [0.25, 0.3) is 0 Å². The van der Waals surface area contributed by atoms with Crippen molar-refractivity contribution in [3.8, 4) is 0 Å². The summed E-state index contributed by atoms with van der Waals surface area (Å²) < 4.78 is 0. The molecule has 3 fully saturated rings. The lowest BCUT2D eigenvalue weighted by Gasteiger charge is -2.58. The lowest BCUT2D eigenvalue weighted by Crippen LogP contribution is -2.52. The van der Waals surface area contributed by atoms with Gasteiger partial charge in [0.15, 0.2) is 0 Å². The fraction of sp³-hybridized carbons (Fsp3) is 0.895. The summed E-state index contributed by atoms with van der Waals surface area (Å²) >= 11 is 0. The Bertz CT molecular complexity index is 425. The molecule has 2 N–H and O–H groups in total. The van der Waals surface area contributed by atoms with E-state index in [1.807, 2.05) is 0 Å². The fourth-order valence-electron chi connectivity index (χ4n) is 6.91. The molecule has 1 heteroatoms. The van der Waals surface area contributed by atoms with E-state index in [2.05, 4.69) is 13.0 Å². The van der Waals surface area contributed by atoms with Crippen LogP contribution in [0.15, 0.2) is 11.6 Å². The summed E-state index contributed by atoms with van der Waals surface area (Å²) in [5.74, 6) is 2.94. The van der Waals surface area contributed by atoms with Crippen molar-refractivity contribution in [1.82, 2.24) is 0 Å². The van der Waals surface area contributed by atoms with E-state index >= 15 is 0 Å². The largest absolute Gasteiger partial charge is 0.330 e.